The number of aliphatic hydroxyl groups is 1. The Bertz CT molecular complexity index is 1210. The van der Waals surface area contributed by atoms with Gasteiger partial charge in [0.15, 0.2) is 5.76 Å². The van der Waals surface area contributed by atoms with Crippen molar-refractivity contribution < 1.29 is 19.2 Å². The number of anilines is 1. The van der Waals surface area contributed by atoms with Gasteiger partial charge in [-0.2, -0.15) is 0 Å². The zero-order valence-corrected chi connectivity index (χ0v) is 18.4. The Morgan fingerprint density at radius 3 is 2.48 bits per heavy atom. The zero-order valence-electron chi connectivity index (χ0n) is 18.4. The van der Waals surface area contributed by atoms with Gasteiger partial charge >= 0.3 is 0 Å². The third-order valence-corrected chi connectivity index (χ3v) is 6.58. The number of ketones is 1. The molecule has 1 atom stereocenters. The molecule has 1 saturated carbocycles. The molecule has 3 aromatic rings. The van der Waals surface area contributed by atoms with Crippen LogP contribution in [0.2, 0.25) is 0 Å². The van der Waals surface area contributed by atoms with Crippen LogP contribution >= 0.6 is 0 Å². The molecule has 33 heavy (non-hydrogen) atoms. The zero-order chi connectivity index (χ0) is 22.9. The molecule has 1 N–H and O–H groups in total. The number of carbonyl (C=O) groups excluding carboxylic acids is 2. The molecule has 2 fully saturated rings. The molecule has 0 spiro atoms. The smallest absolute Gasteiger partial charge is 0.299 e. The summed E-state index contributed by atoms with van der Waals surface area (Å²) in [5.41, 5.74) is 2.85. The van der Waals surface area contributed by atoms with Crippen LogP contribution < -0.4 is 4.90 Å². The maximum absolute atomic E-state index is 13.3. The Labute approximate surface area is 191 Å². The average Bonchev–Trinajstić information content (AvgIpc) is 3.41. The van der Waals surface area contributed by atoms with Crippen molar-refractivity contribution in [2.75, 3.05) is 4.90 Å². The maximum atomic E-state index is 13.3. The van der Waals surface area contributed by atoms with Crippen molar-refractivity contribution >= 4 is 23.1 Å². The number of Topliss-reactive ketones (excluding diaryl/α,β-unsaturated/α-hetero) is 1. The summed E-state index contributed by atoms with van der Waals surface area (Å²) in [5, 5.41) is 15.0. The number of aryl methyl sites for hydroxylation is 1. The van der Waals surface area contributed by atoms with Crippen LogP contribution in [-0.4, -0.2) is 33.0 Å². The van der Waals surface area contributed by atoms with Gasteiger partial charge in [-0.3, -0.25) is 19.5 Å². The first-order valence-electron chi connectivity index (χ1n) is 11.3. The highest BCUT2D eigenvalue weighted by atomic mass is 16.5. The van der Waals surface area contributed by atoms with Crippen LogP contribution in [0.4, 0.5) is 5.69 Å². The largest absolute Gasteiger partial charge is 0.507 e. The van der Waals surface area contributed by atoms with Crippen LogP contribution in [0.5, 0.6) is 0 Å². The molecule has 1 aliphatic heterocycles. The van der Waals surface area contributed by atoms with Crippen molar-refractivity contribution in [1.29, 1.82) is 0 Å². The molecule has 3 heterocycles. The van der Waals surface area contributed by atoms with Crippen LogP contribution in [0.15, 0.2) is 65.0 Å². The molecule has 1 amide bonds. The third kappa shape index (κ3) is 3.84. The summed E-state index contributed by atoms with van der Waals surface area (Å²) in [7, 11) is 0. The minimum absolute atomic E-state index is 0.0968. The van der Waals surface area contributed by atoms with E-state index in [1.807, 2.05) is 37.3 Å². The first kappa shape index (κ1) is 21.1. The Kier molecular flexibility index (Phi) is 5.54. The third-order valence-electron chi connectivity index (χ3n) is 6.58. The van der Waals surface area contributed by atoms with Crippen molar-refractivity contribution in [3.63, 3.8) is 0 Å². The van der Waals surface area contributed by atoms with Crippen LogP contribution in [0, 0.1) is 12.8 Å². The molecule has 1 unspecified atom stereocenters. The minimum Gasteiger partial charge on any atom is -0.507 e. The van der Waals surface area contributed by atoms with Crippen LogP contribution in [0.25, 0.3) is 17.1 Å². The lowest BCUT2D eigenvalue weighted by Crippen LogP contribution is -2.40. The summed E-state index contributed by atoms with van der Waals surface area (Å²) < 4.78 is 5.34. The van der Waals surface area contributed by atoms with Gasteiger partial charge in [0.2, 0.25) is 0 Å². The molecule has 0 radical (unpaired) electrons. The van der Waals surface area contributed by atoms with Gasteiger partial charge in [0, 0.05) is 35.3 Å². The van der Waals surface area contributed by atoms with Gasteiger partial charge in [-0.15, -0.1) is 0 Å². The van der Waals surface area contributed by atoms with Gasteiger partial charge in [0.1, 0.15) is 5.76 Å². The molecule has 5 rings (SSSR count). The molecule has 7 heteroatoms. The van der Waals surface area contributed by atoms with Crippen LogP contribution in [0.3, 0.4) is 0 Å². The molecule has 168 valence electrons. The first-order valence-corrected chi connectivity index (χ1v) is 11.3. The lowest BCUT2D eigenvalue weighted by atomic mass is 9.80. The average molecular weight is 444 g/mol. The predicted octanol–water partition coefficient (Wildman–Crippen LogP) is 4.88. The fraction of sp³-hybridized carbons (Fsp3) is 0.308. The number of carbonyl (C=O) groups is 2. The molecule has 1 aromatic carbocycles. The van der Waals surface area contributed by atoms with Crippen molar-refractivity contribution in [1.82, 2.24) is 10.1 Å². The normalized spacial score (nSPS) is 21.0. The van der Waals surface area contributed by atoms with Crippen molar-refractivity contribution in [2.24, 2.45) is 5.92 Å². The van der Waals surface area contributed by atoms with E-state index >= 15 is 0 Å². The standard InChI is InChI=1S/C26H25N3O4/c1-16-14-21(33-28-16)17-9-11-20(12-10-17)29-23(18-6-3-2-4-7-18)22(25(31)26(29)32)24(30)19-8-5-13-27-15-19/h5,8-15,18,23,30H,2-4,6-7H2,1H3. The van der Waals surface area contributed by atoms with Crippen molar-refractivity contribution in [3.8, 4) is 11.3 Å². The summed E-state index contributed by atoms with van der Waals surface area (Å²) in [6, 6.07) is 12.1. The number of hydrogen-bond acceptors (Lipinski definition) is 6. The SMILES string of the molecule is Cc1cc(-c2ccc(N3C(=O)C(=O)C(=C(O)c4cccnc4)C3C3CCCCC3)cc2)on1. The van der Waals surface area contributed by atoms with E-state index in [1.54, 1.807) is 23.2 Å². The van der Waals surface area contributed by atoms with Gasteiger partial charge in [0.05, 0.1) is 17.3 Å². The number of aromatic nitrogens is 2. The number of aliphatic hydroxyl groups excluding tert-OH is 1. The summed E-state index contributed by atoms with van der Waals surface area (Å²) in [5.74, 6) is -0.685. The summed E-state index contributed by atoms with van der Waals surface area (Å²) in [4.78, 5) is 32.1. The molecular formula is C26H25N3O4. The fourth-order valence-electron chi connectivity index (χ4n) is 4.98. The highest BCUT2D eigenvalue weighted by Crippen LogP contribution is 2.41. The fourth-order valence-corrected chi connectivity index (χ4v) is 4.98. The van der Waals surface area contributed by atoms with E-state index in [-0.39, 0.29) is 17.3 Å². The summed E-state index contributed by atoms with van der Waals surface area (Å²) >= 11 is 0. The Morgan fingerprint density at radius 1 is 1.09 bits per heavy atom. The van der Waals surface area contributed by atoms with Gasteiger partial charge in [-0.25, -0.2) is 0 Å². The number of nitrogens with zero attached hydrogens (tertiary/aromatic N) is 3. The molecular weight excluding hydrogens is 418 g/mol. The number of rotatable bonds is 4. The second kappa shape index (κ2) is 8.65. The quantitative estimate of drug-likeness (QED) is 0.351. The van der Waals surface area contributed by atoms with Crippen LogP contribution in [-0.2, 0) is 9.59 Å². The summed E-state index contributed by atoms with van der Waals surface area (Å²) in [6.45, 7) is 1.85. The van der Waals surface area contributed by atoms with Crippen molar-refractivity contribution in [3.05, 3.63) is 71.7 Å². The van der Waals surface area contributed by atoms with E-state index in [0.29, 0.717) is 17.0 Å². The molecule has 2 aromatic heterocycles. The molecule has 1 saturated heterocycles. The second-order valence-corrected chi connectivity index (χ2v) is 8.73. The van der Waals surface area contributed by atoms with Gasteiger partial charge in [0.25, 0.3) is 11.7 Å². The van der Waals surface area contributed by atoms with E-state index in [4.69, 9.17) is 4.52 Å². The van der Waals surface area contributed by atoms with Gasteiger partial charge in [-0.05, 0) is 62.1 Å². The topological polar surface area (TPSA) is 96.5 Å². The monoisotopic (exact) mass is 443 g/mol. The lowest BCUT2D eigenvalue weighted by Gasteiger charge is -2.34. The van der Waals surface area contributed by atoms with Gasteiger partial charge in [-0.1, -0.05) is 24.4 Å². The summed E-state index contributed by atoms with van der Waals surface area (Å²) in [6.07, 6.45) is 8.15. The minimum atomic E-state index is -0.651. The van der Waals surface area contributed by atoms with Crippen molar-refractivity contribution in [2.45, 2.75) is 45.1 Å². The van der Waals surface area contributed by atoms with E-state index in [0.717, 1.165) is 43.4 Å². The van der Waals surface area contributed by atoms with E-state index < -0.39 is 17.7 Å². The highest BCUT2D eigenvalue weighted by molar-refractivity contribution is 6.51. The molecule has 7 nitrogen and oxygen atoms in total. The van der Waals surface area contributed by atoms with E-state index in [1.165, 1.54) is 6.20 Å². The number of pyridine rings is 1. The second-order valence-electron chi connectivity index (χ2n) is 8.73. The number of benzene rings is 1. The molecule has 0 bridgehead atoms. The predicted molar refractivity (Wildman–Crippen MR) is 123 cm³/mol. The lowest BCUT2D eigenvalue weighted by molar-refractivity contribution is -0.132. The molecule has 1 aliphatic carbocycles. The highest BCUT2D eigenvalue weighted by Gasteiger charge is 2.49. The first-order chi connectivity index (χ1) is 16.0. The Hall–Kier alpha value is -3.74. The Balaban J connectivity index is 1.58. The maximum Gasteiger partial charge on any atom is 0.299 e. The van der Waals surface area contributed by atoms with Crippen LogP contribution in [0.1, 0.15) is 43.4 Å². The number of hydrogen-bond donors (Lipinski definition) is 1. The Morgan fingerprint density at radius 2 is 1.85 bits per heavy atom. The van der Waals surface area contributed by atoms with E-state index in [9.17, 15) is 14.7 Å². The van der Waals surface area contributed by atoms with E-state index in [2.05, 4.69) is 10.1 Å². The molecule has 2 aliphatic rings. The van der Waals surface area contributed by atoms with Gasteiger partial charge < -0.3 is 9.63 Å². The number of amides is 1.